The summed E-state index contributed by atoms with van der Waals surface area (Å²) in [5.74, 6) is 0.783. The van der Waals surface area contributed by atoms with Crippen molar-refractivity contribution in [3.63, 3.8) is 0 Å². The molecule has 0 bridgehead atoms. The van der Waals surface area contributed by atoms with Gasteiger partial charge in [0.25, 0.3) is 0 Å². The first-order chi connectivity index (χ1) is 9.79. The topological polar surface area (TPSA) is 78.4 Å². The van der Waals surface area contributed by atoms with Gasteiger partial charge >= 0.3 is 0 Å². The lowest BCUT2D eigenvalue weighted by atomic mass is 9.97. The predicted molar refractivity (Wildman–Crippen MR) is 84.1 cm³/mol. The van der Waals surface area contributed by atoms with Crippen molar-refractivity contribution in [3.05, 3.63) is 28.8 Å². The van der Waals surface area contributed by atoms with E-state index in [1.165, 1.54) is 11.1 Å². The van der Waals surface area contributed by atoms with Gasteiger partial charge in [0.05, 0.1) is 6.26 Å². The van der Waals surface area contributed by atoms with Crippen LogP contribution in [0.2, 0.25) is 0 Å². The molecule has 2 rings (SSSR count). The number of aryl methyl sites for hydroxylation is 1. The van der Waals surface area contributed by atoms with Gasteiger partial charge in [-0.15, -0.1) is 0 Å². The molecule has 2 unspecified atom stereocenters. The van der Waals surface area contributed by atoms with Crippen LogP contribution in [0, 0.1) is 6.92 Å². The lowest BCUT2D eigenvalue weighted by Gasteiger charge is -2.16. The third kappa shape index (κ3) is 3.96. The van der Waals surface area contributed by atoms with Gasteiger partial charge in [0.15, 0.2) is 0 Å². The van der Waals surface area contributed by atoms with E-state index < -0.39 is 10.0 Å². The lowest BCUT2D eigenvalue weighted by Crippen LogP contribution is -2.27. The molecule has 1 aromatic carbocycles. The van der Waals surface area contributed by atoms with Crippen molar-refractivity contribution < 1.29 is 13.5 Å². The molecule has 21 heavy (non-hydrogen) atoms. The monoisotopic (exact) mass is 312 g/mol. The standard InChI is InChI=1S/C15H24N2O3S/c1-10-5-6-13(18)15-12(9-11(2)14(10)15)16-7-4-8-17-21(3,19)20/h5-6,11-12,16-18H,4,7-9H2,1-3H3. The van der Waals surface area contributed by atoms with Crippen LogP contribution in [0.15, 0.2) is 12.1 Å². The van der Waals surface area contributed by atoms with Gasteiger partial charge in [-0.05, 0) is 49.4 Å². The van der Waals surface area contributed by atoms with Crippen LogP contribution in [0.1, 0.15) is 48.4 Å². The van der Waals surface area contributed by atoms with E-state index in [0.29, 0.717) is 24.8 Å². The number of rotatable bonds is 6. The summed E-state index contributed by atoms with van der Waals surface area (Å²) in [7, 11) is -3.11. The minimum absolute atomic E-state index is 0.146. The molecule has 0 aliphatic heterocycles. The van der Waals surface area contributed by atoms with E-state index >= 15 is 0 Å². The maximum absolute atomic E-state index is 11.0. The quantitative estimate of drug-likeness (QED) is 0.700. The number of phenolic OH excluding ortho intramolecular Hbond substituents is 1. The lowest BCUT2D eigenvalue weighted by molar-refractivity contribution is 0.444. The molecule has 0 amide bonds. The maximum Gasteiger partial charge on any atom is 0.208 e. The van der Waals surface area contributed by atoms with Crippen LogP contribution in [0.25, 0.3) is 0 Å². The highest BCUT2D eigenvalue weighted by Crippen LogP contribution is 2.45. The number of aromatic hydroxyl groups is 1. The Morgan fingerprint density at radius 2 is 2.00 bits per heavy atom. The Kier molecular flexibility index (Phi) is 4.91. The fourth-order valence-corrected chi connectivity index (χ4v) is 3.67. The molecule has 0 aromatic heterocycles. The molecule has 5 nitrogen and oxygen atoms in total. The van der Waals surface area contributed by atoms with Crippen LogP contribution in [-0.4, -0.2) is 32.9 Å². The van der Waals surface area contributed by atoms with E-state index in [1.807, 2.05) is 6.07 Å². The van der Waals surface area contributed by atoms with E-state index in [4.69, 9.17) is 0 Å². The SMILES string of the molecule is Cc1ccc(O)c2c1C(C)CC2NCCCNS(C)(=O)=O. The number of hydrogen-bond donors (Lipinski definition) is 3. The molecule has 1 aliphatic rings. The fourth-order valence-electron chi connectivity index (χ4n) is 3.15. The molecule has 3 N–H and O–H groups in total. The summed E-state index contributed by atoms with van der Waals surface area (Å²) >= 11 is 0. The molecule has 2 atom stereocenters. The van der Waals surface area contributed by atoms with Gasteiger partial charge < -0.3 is 10.4 Å². The zero-order chi connectivity index (χ0) is 15.6. The molecule has 1 aromatic rings. The fraction of sp³-hybridized carbons (Fsp3) is 0.600. The van der Waals surface area contributed by atoms with Crippen LogP contribution < -0.4 is 10.0 Å². The van der Waals surface area contributed by atoms with Gasteiger partial charge in [0, 0.05) is 18.2 Å². The summed E-state index contributed by atoms with van der Waals surface area (Å²) in [4.78, 5) is 0. The molecule has 6 heteroatoms. The van der Waals surface area contributed by atoms with Crippen LogP contribution in [-0.2, 0) is 10.0 Å². The van der Waals surface area contributed by atoms with Crippen molar-refractivity contribution in [1.82, 2.24) is 10.0 Å². The van der Waals surface area contributed by atoms with E-state index in [2.05, 4.69) is 23.9 Å². The predicted octanol–water partition coefficient (Wildman–Crippen LogP) is 1.78. The highest BCUT2D eigenvalue weighted by molar-refractivity contribution is 7.88. The Labute approximate surface area is 126 Å². The Balaban J connectivity index is 1.94. The summed E-state index contributed by atoms with van der Waals surface area (Å²) in [6.07, 6.45) is 2.85. The summed E-state index contributed by atoms with van der Waals surface area (Å²) in [5.41, 5.74) is 3.48. The maximum atomic E-state index is 11.0. The highest BCUT2D eigenvalue weighted by atomic mass is 32.2. The van der Waals surface area contributed by atoms with Crippen molar-refractivity contribution in [1.29, 1.82) is 0 Å². The normalized spacial score (nSPS) is 21.5. The molecule has 0 saturated heterocycles. The molecule has 0 saturated carbocycles. The smallest absolute Gasteiger partial charge is 0.208 e. The molecule has 0 radical (unpaired) electrons. The van der Waals surface area contributed by atoms with Crippen LogP contribution in [0.4, 0.5) is 0 Å². The number of hydrogen-bond acceptors (Lipinski definition) is 4. The summed E-state index contributed by atoms with van der Waals surface area (Å²) in [6.45, 7) is 5.40. The van der Waals surface area contributed by atoms with Gasteiger partial charge in [-0.2, -0.15) is 0 Å². The van der Waals surface area contributed by atoms with Gasteiger partial charge in [0.1, 0.15) is 5.75 Å². The molecular formula is C15H24N2O3S. The average Bonchev–Trinajstić information content (AvgIpc) is 2.70. The van der Waals surface area contributed by atoms with Crippen molar-refractivity contribution in [2.45, 2.75) is 38.6 Å². The minimum Gasteiger partial charge on any atom is -0.508 e. The molecule has 1 aliphatic carbocycles. The molecule has 0 spiro atoms. The highest BCUT2D eigenvalue weighted by Gasteiger charge is 2.31. The Morgan fingerprint density at radius 1 is 1.29 bits per heavy atom. The van der Waals surface area contributed by atoms with Crippen LogP contribution >= 0.6 is 0 Å². The number of fused-ring (bicyclic) bond motifs is 1. The summed E-state index contributed by atoms with van der Waals surface area (Å²) < 4.78 is 24.4. The second-order valence-electron chi connectivity index (χ2n) is 5.89. The zero-order valence-electron chi connectivity index (χ0n) is 12.8. The average molecular weight is 312 g/mol. The van der Waals surface area contributed by atoms with Crippen LogP contribution in [0.5, 0.6) is 5.75 Å². The van der Waals surface area contributed by atoms with Gasteiger partial charge in [-0.25, -0.2) is 13.1 Å². The van der Waals surface area contributed by atoms with Crippen molar-refractivity contribution in [2.75, 3.05) is 19.3 Å². The minimum atomic E-state index is -3.11. The molecule has 0 heterocycles. The van der Waals surface area contributed by atoms with Crippen molar-refractivity contribution in [2.24, 2.45) is 0 Å². The second-order valence-corrected chi connectivity index (χ2v) is 7.73. The Bertz CT molecular complexity index is 614. The molecule has 118 valence electrons. The first kappa shape index (κ1) is 16.3. The number of sulfonamides is 1. The third-order valence-corrected chi connectivity index (χ3v) is 4.75. The zero-order valence-corrected chi connectivity index (χ0v) is 13.6. The third-order valence-electron chi connectivity index (χ3n) is 4.02. The molecule has 0 fully saturated rings. The first-order valence-corrected chi connectivity index (χ1v) is 9.19. The number of phenols is 1. The van der Waals surface area contributed by atoms with E-state index in [9.17, 15) is 13.5 Å². The van der Waals surface area contributed by atoms with Crippen molar-refractivity contribution in [3.8, 4) is 5.75 Å². The Hall–Kier alpha value is -1.11. The van der Waals surface area contributed by atoms with E-state index in [-0.39, 0.29) is 6.04 Å². The second kappa shape index (κ2) is 6.34. The van der Waals surface area contributed by atoms with Gasteiger partial charge in [-0.3, -0.25) is 0 Å². The largest absolute Gasteiger partial charge is 0.508 e. The summed E-state index contributed by atoms with van der Waals surface area (Å²) in [5, 5.41) is 13.5. The van der Waals surface area contributed by atoms with Gasteiger partial charge in [-0.1, -0.05) is 13.0 Å². The van der Waals surface area contributed by atoms with Gasteiger partial charge in [0.2, 0.25) is 10.0 Å². The molecular weight excluding hydrogens is 288 g/mol. The van der Waals surface area contributed by atoms with Crippen LogP contribution in [0.3, 0.4) is 0 Å². The number of benzene rings is 1. The summed E-state index contributed by atoms with van der Waals surface area (Å²) in [6, 6.07) is 3.86. The van der Waals surface area contributed by atoms with E-state index in [1.54, 1.807) is 6.07 Å². The first-order valence-electron chi connectivity index (χ1n) is 7.30. The van der Waals surface area contributed by atoms with E-state index in [0.717, 1.165) is 24.7 Å². The number of nitrogens with one attached hydrogen (secondary N) is 2. The Morgan fingerprint density at radius 3 is 2.67 bits per heavy atom. The van der Waals surface area contributed by atoms with Crippen molar-refractivity contribution >= 4 is 10.0 Å².